The monoisotopic (exact) mass is 562 g/mol. The van der Waals surface area contributed by atoms with Crippen LogP contribution in [0.15, 0.2) is 48.7 Å². The molecule has 0 radical (unpaired) electrons. The summed E-state index contributed by atoms with van der Waals surface area (Å²) in [6, 6.07) is 9.50. The van der Waals surface area contributed by atoms with Crippen LogP contribution in [-0.4, -0.2) is 70.7 Å². The largest absolute Gasteiger partial charge is 0.416 e. The van der Waals surface area contributed by atoms with E-state index in [9.17, 15) is 27.9 Å². The Hall–Kier alpha value is -3.02. The molecule has 2 atom stereocenters. The van der Waals surface area contributed by atoms with E-state index in [1.54, 1.807) is 18.2 Å². The molecule has 40 heavy (non-hydrogen) atoms. The van der Waals surface area contributed by atoms with Crippen LogP contribution in [0.5, 0.6) is 0 Å². The van der Waals surface area contributed by atoms with Gasteiger partial charge < -0.3 is 25.4 Å². The number of nitrogens with one attached hydrogen (secondary N) is 2. The number of aromatic nitrogens is 1. The lowest BCUT2D eigenvalue weighted by Gasteiger charge is -2.37. The molecular formula is C29H37F3N4O4. The normalized spacial score (nSPS) is 25.6. The van der Waals surface area contributed by atoms with E-state index in [-0.39, 0.29) is 36.1 Å². The molecule has 1 aliphatic carbocycles. The van der Waals surface area contributed by atoms with Crippen molar-refractivity contribution in [2.75, 3.05) is 20.2 Å². The molecule has 4 rings (SSSR count). The van der Waals surface area contributed by atoms with Gasteiger partial charge in [0.05, 0.1) is 29.4 Å². The molecule has 11 heteroatoms. The number of likely N-dealkylation sites (tertiary alicyclic amines) is 1. The molecule has 0 spiro atoms. The molecule has 2 amide bonds. The minimum Gasteiger partial charge on any atom is -0.384 e. The number of methoxy groups -OCH3 is 1. The van der Waals surface area contributed by atoms with Gasteiger partial charge >= 0.3 is 6.18 Å². The van der Waals surface area contributed by atoms with Gasteiger partial charge in [-0.3, -0.25) is 14.6 Å². The second-order valence-electron chi connectivity index (χ2n) is 11.3. The highest BCUT2D eigenvalue weighted by Crippen LogP contribution is 2.37. The number of alkyl halides is 3. The average Bonchev–Trinajstić information content (AvgIpc) is 3.38. The molecule has 2 aliphatic rings. The summed E-state index contributed by atoms with van der Waals surface area (Å²) in [5.41, 5.74) is -2.03. The van der Waals surface area contributed by atoms with Gasteiger partial charge in [0.2, 0.25) is 5.91 Å². The Morgan fingerprint density at radius 1 is 1.12 bits per heavy atom. The number of ether oxygens (including phenoxy) is 1. The molecule has 1 saturated heterocycles. The highest BCUT2D eigenvalue weighted by atomic mass is 19.4. The third-order valence-corrected chi connectivity index (χ3v) is 8.23. The van der Waals surface area contributed by atoms with Crippen molar-refractivity contribution in [3.63, 3.8) is 0 Å². The number of hydrogen-bond acceptors (Lipinski definition) is 6. The summed E-state index contributed by atoms with van der Waals surface area (Å²) in [5, 5.41) is 17.2. The zero-order chi connectivity index (χ0) is 29.1. The number of hydrogen-bond donors (Lipinski definition) is 3. The van der Waals surface area contributed by atoms with E-state index >= 15 is 0 Å². The Balaban J connectivity index is 1.36. The highest BCUT2D eigenvalue weighted by molar-refractivity contribution is 5.96. The number of carbonyl (C=O) groups is 2. The second kappa shape index (κ2) is 11.8. The van der Waals surface area contributed by atoms with E-state index in [1.165, 1.54) is 6.07 Å². The van der Waals surface area contributed by atoms with E-state index in [0.29, 0.717) is 31.5 Å². The molecule has 1 aliphatic heterocycles. The van der Waals surface area contributed by atoms with Crippen LogP contribution in [0.3, 0.4) is 0 Å². The van der Waals surface area contributed by atoms with E-state index in [2.05, 4.69) is 15.6 Å². The van der Waals surface area contributed by atoms with Gasteiger partial charge in [-0.1, -0.05) is 12.1 Å². The lowest BCUT2D eigenvalue weighted by molar-refractivity contribution is -0.138. The molecule has 1 aromatic carbocycles. The lowest BCUT2D eigenvalue weighted by atomic mass is 9.79. The van der Waals surface area contributed by atoms with Gasteiger partial charge in [-0.2, -0.15) is 13.2 Å². The molecule has 2 aromatic rings. The van der Waals surface area contributed by atoms with E-state index in [4.69, 9.17) is 4.74 Å². The first-order chi connectivity index (χ1) is 18.8. The van der Waals surface area contributed by atoms with Crippen molar-refractivity contribution < 1.29 is 32.6 Å². The van der Waals surface area contributed by atoms with Crippen LogP contribution in [0, 0.1) is 0 Å². The quantitative estimate of drug-likeness (QED) is 0.454. The number of amides is 2. The predicted octanol–water partition coefficient (Wildman–Crippen LogP) is 3.64. The van der Waals surface area contributed by atoms with Gasteiger partial charge in [-0.05, 0) is 76.3 Å². The zero-order valence-electron chi connectivity index (χ0n) is 23.0. The second-order valence-corrected chi connectivity index (χ2v) is 11.3. The first kappa shape index (κ1) is 30.0. The molecule has 0 bridgehead atoms. The summed E-state index contributed by atoms with van der Waals surface area (Å²) < 4.78 is 44.8. The maximum absolute atomic E-state index is 13.3. The number of carbonyl (C=O) groups excluding carboxylic acids is 2. The van der Waals surface area contributed by atoms with Crippen LogP contribution in [-0.2, 0) is 21.3 Å². The summed E-state index contributed by atoms with van der Waals surface area (Å²) in [6.45, 7) is 3.85. The van der Waals surface area contributed by atoms with Crippen LogP contribution in [0.4, 0.5) is 13.2 Å². The van der Waals surface area contributed by atoms with Gasteiger partial charge in [0.1, 0.15) is 5.60 Å². The van der Waals surface area contributed by atoms with E-state index in [0.717, 1.165) is 31.0 Å². The van der Waals surface area contributed by atoms with Gasteiger partial charge in [-0.15, -0.1) is 0 Å². The minimum atomic E-state index is -4.57. The van der Waals surface area contributed by atoms with Crippen LogP contribution >= 0.6 is 0 Å². The van der Waals surface area contributed by atoms with Crippen molar-refractivity contribution in [3.05, 3.63) is 65.5 Å². The lowest BCUT2D eigenvalue weighted by Crippen LogP contribution is -2.51. The molecule has 8 nitrogen and oxygen atoms in total. The maximum atomic E-state index is 13.3. The maximum Gasteiger partial charge on any atom is 0.416 e. The summed E-state index contributed by atoms with van der Waals surface area (Å²) in [4.78, 5) is 31.8. The van der Waals surface area contributed by atoms with Crippen molar-refractivity contribution >= 4 is 11.8 Å². The Bertz CT molecular complexity index is 1180. The molecule has 2 fully saturated rings. The van der Waals surface area contributed by atoms with E-state index < -0.39 is 28.8 Å². The number of rotatable bonds is 8. The molecule has 218 valence electrons. The fraction of sp³-hybridized carbons (Fsp3) is 0.552. The molecule has 2 unspecified atom stereocenters. The SMILES string of the molecule is COC(C)(C)C1CC(NC2CCC(O)(c3ccccn3)CC2)CN1C(=O)CNC(=O)c1cccc(C(F)(F)F)c1. The first-order valence-corrected chi connectivity index (χ1v) is 13.5. The fourth-order valence-electron chi connectivity index (χ4n) is 5.71. The zero-order valence-corrected chi connectivity index (χ0v) is 23.0. The Morgan fingerprint density at radius 3 is 2.48 bits per heavy atom. The first-order valence-electron chi connectivity index (χ1n) is 13.5. The third-order valence-electron chi connectivity index (χ3n) is 8.23. The minimum absolute atomic E-state index is 0.0198. The molecular weight excluding hydrogens is 525 g/mol. The molecule has 1 aromatic heterocycles. The van der Waals surface area contributed by atoms with Gasteiger partial charge in [0.25, 0.3) is 5.91 Å². The van der Waals surface area contributed by atoms with Crippen molar-refractivity contribution in [1.29, 1.82) is 0 Å². The smallest absolute Gasteiger partial charge is 0.384 e. The van der Waals surface area contributed by atoms with Crippen LogP contribution in [0.1, 0.15) is 67.6 Å². The Labute approximate surface area is 232 Å². The molecule has 3 N–H and O–H groups in total. The Morgan fingerprint density at radius 2 is 1.85 bits per heavy atom. The standard InChI is InChI=1S/C29H37F3N4O4/c1-27(2,40-3)24-16-22(35-21-10-12-28(39,13-11-21)23-9-4-5-14-33-23)18-36(24)25(37)17-34-26(38)19-7-6-8-20(15-19)29(30,31)32/h4-9,14-15,21-22,24,35,39H,10-13,16-18H2,1-3H3,(H,34,38). The summed E-state index contributed by atoms with van der Waals surface area (Å²) in [6.07, 6.45) is 0.401. The van der Waals surface area contributed by atoms with Crippen molar-refractivity contribution in [1.82, 2.24) is 20.5 Å². The number of aliphatic hydroxyl groups is 1. The summed E-state index contributed by atoms with van der Waals surface area (Å²) in [7, 11) is 1.58. The van der Waals surface area contributed by atoms with Crippen LogP contribution in [0.2, 0.25) is 0 Å². The van der Waals surface area contributed by atoms with E-state index in [1.807, 2.05) is 32.0 Å². The van der Waals surface area contributed by atoms with Crippen LogP contribution < -0.4 is 10.6 Å². The topological polar surface area (TPSA) is 104 Å². The van der Waals surface area contributed by atoms with Crippen molar-refractivity contribution in [2.45, 2.75) is 81.5 Å². The Kier molecular flexibility index (Phi) is 8.86. The summed E-state index contributed by atoms with van der Waals surface area (Å²) >= 11 is 0. The highest BCUT2D eigenvalue weighted by Gasteiger charge is 2.45. The van der Waals surface area contributed by atoms with Gasteiger partial charge in [0, 0.05) is 37.5 Å². The predicted molar refractivity (Wildman–Crippen MR) is 142 cm³/mol. The average molecular weight is 563 g/mol. The number of pyridine rings is 1. The number of benzene rings is 1. The number of nitrogens with zero attached hydrogens (tertiary/aromatic N) is 2. The third kappa shape index (κ3) is 6.82. The van der Waals surface area contributed by atoms with Gasteiger partial charge in [-0.25, -0.2) is 0 Å². The molecule has 2 heterocycles. The van der Waals surface area contributed by atoms with Crippen molar-refractivity contribution in [2.24, 2.45) is 0 Å². The van der Waals surface area contributed by atoms with Crippen molar-refractivity contribution in [3.8, 4) is 0 Å². The number of halogens is 3. The van der Waals surface area contributed by atoms with Crippen LogP contribution in [0.25, 0.3) is 0 Å². The fourth-order valence-corrected chi connectivity index (χ4v) is 5.71. The molecule has 1 saturated carbocycles. The van der Waals surface area contributed by atoms with Gasteiger partial charge in [0.15, 0.2) is 0 Å². The summed E-state index contributed by atoms with van der Waals surface area (Å²) in [5.74, 6) is -1.09.